The van der Waals surface area contributed by atoms with E-state index in [9.17, 15) is 9.59 Å². The van der Waals surface area contributed by atoms with Crippen molar-refractivity contribution in [2.24, 2.45) is 0 Å². The summed E-state index contributed by atoms with van der Waals surface area (Å²) in [5.41, 5.74) is 1.15. The summed E-state index contributed by atoms with van der Waals surface area (Å²) >= 11 is 9.05. The Morgan fingerprint density at radius 2 is 2.07 bits per heavy atom. The molecule has 0 radical (unpaired) electrons. The zero-order valence-electron chi connectivity index (χ0n) is 14.9. The van der Waals surface area contributed by atoms with Gasteiger partial charge in [-0.25, -0.2) is 14.9 Å². The van der Waals surface area contributed by atoms with Gasteiger partial charge in [0, 0.05) is 28.1 Å². The quantitative estimate of drug-likeness (QED) is 0.449. The largest absolute Gasteiger partial charge is 0.343 e. The third-order valence-corrected chi connectivity index (χ3v) is 6.35. The number of aromatic amines is 2. The average Bonchev–Trinajstić information content (AvgIpc) is 3.25. The highest BCUT2D eigenvalue weighted by atomic mass is 35.5. The maximum atomic E-state index is 12.7. The Bertz CT molecular complexity index is 1260. The number of benzene rings is 1. The molecule has 7 nitrogen and oxygen atoms in total. The zero-order valence-corrected chi connectivity index (χ0v) is 17.2. The Morgan fingerprint density at radius 1 is 1.25 bits per heavy atom. The van der Waals surface area contributed by atoms with Crippen LogP contribution in [0.15, 0.2) is 44.4 Å². The summed E-state index contributed by atoms with van der Waals surface area (Å²) in [7, 11) is 0. The normalized spacial score (nSPS) is 11.4. The molecule has 3 aromatic heterocycles. The van der Waals surface area contributed by atoms with Gasteiger partial charge in [0.2, 0.25) is 0 Å². The lowest BCUT2D eigenvalue weighted by molar-refractivity contribution is 0.603. The van der Waals surface area contributed by atoms with Gasteiger partial charge in [0.15, 0.2) is 5.16 Å². The van der Waals surface area contributed by atoms with E-state index < -0.39 is 0 Å². The second-order valence-corrected chi connectivity index (χ2v) is 8.28. The van der Waals surface area contributed by atoms with Crippen molar-refractivity contribution >= 4 is 44.9 Å². The molecule has 0 fully saturated rings. The number of thioether (sulfide) groups is 1. The van der Waals surface area contributed by atoms with Crippen LogP contribution in [0.3, 0.4) is 0 Å². The van der Waals surface area contributed by atoms with Crippen molar-refractivity contribution in [2.45, 2.75) is 30.8 Å². The molecule has 0 aliphatic carbocycles. The van der Waals surface area contributed by atoms with Gasteiger partial charge in [0.25, 0.3) is 5.56 Å². The van der Waals surface area contributed by atoms with Gasteiger partial charge in [-0.1, -0.05) is 48.5 Å². The van der Waals surface area contributed by atoms with Gasteiger partial charge in [-0.15, -0.1) is 16.4 Å². The first-order valence-corrected chi connectivity index (χ1v) is 10.9. The maximum absolute atomic E-state index is 12.7. The minimum Gasteiger partial charge on any atom is -0.309 e. The first kappa shape index (κ1) is 19.0. The Hall–Kier alpha value is -2.36. The average molecular weight is 434 g/mol. The van der Waals surface area contributed by atoms with Crippen molar-refractivity contribution in [3.05, 3.63) is 61.3 Å². The second kappa shape index (κ2) is 7.94. The summed E-state index contributed by atoms with van der Waals surface area (Å²) < 4.78 is 1.59. The SMILES string of the molecule is CCCn1c(SCc2nc3scc(-c4ccccc4Cl)c3c(=O)[nH]2)n[nH]c1=O. The van der Waals surface area contributed by atoms with Crippen molar-refractivity contribution in [3.63, 3.8) is 0 Å². The van der Waals surface area contributed by atoms with Crippen LogP contribution in [0.2, 0.25) is 5.02 Å². The number of fused-ring (bicyclic) bond motifs is 1. The number of halogens is 1. The van der Waals surface area contributed by atoms with Crippen LogP contribution in [-0.4, -0.2) is 24.7 Å². The van der Waals surface area contributed by atoms with E-state index >= 15 is 0 Å². The molecule has 28 heavy (non-hydrogen) atoms. The van der Waals surface area contributed by atoms with Crippen molar-refractivity contribution in [3.8, 4) is 11.1 Å². The van der Waals surface area contributed by atoms with Crippen molar-refractivity contribution in [1.82, 2.24) is 24.7 Å². The van der Waals surface area contributed by atoms with E-state index in [0.29, 0.717) is 38.5 Å². The van der Waals surface area contributed by atoms with E-state index in [-0.39, 0.29) is 11.2 Å². The van der Waals surface area contributed by atoms with Crippen molar-refractivity contribution < 1.29 is 0 Å². The second-order valence-electron chi connectivity index (χ2n) is 6.07. The highest BCUT2D eigenvalue weighted by Crippen LogP contribution is 2.35. The molecule has 0 aliphatic rings. The Kier molecular flexibility index (Phi) is 5.38. The van der Waals surface area contributed by atoms with Crippen molar-refractivity contribution in [2.75, 3.05) is 0 Å². The Morgan fingerprint density at radius 3 is 2.86 bits per heavy atom. The number of thiophene rings is 1. The standard InChI is InChI=1S/C18H16ClN5O2S2/c1-2-7-24-17(26)22-23-18(24)28-9-13-20-15(25)14-11(8-27-16(14)21-13)10-5-3-4-6-12(10)19/h3-6,8H,2,7,9H2,1H3,(H,22,26)(H,20,21,25). The van der Waals surface area contributed by atoms with Crippen molar-refractivity contribution in [1.29, 1.82) is 0 Å². The number of aromatic nitrogens is 5. The fraction of sp³-hybridized carbons (Fsp3) is 0.222. The van der Waals surface area contributed by atoms with Gasteiger partial charge < -0.3 is 4.98 Å². The predicted octanol–water partition coefficient (Wildman–Crippen LogP) is 3.89. The number of rotatable bonds is 6. The fourth-order valence-corrected chi connectivity index (χ4v) is 4.94. The number of hydrogen-bond acceptors (Lipinski definition) is 6. The highest BCUT2D eigenvalue weighted by molar-refractivity contribution is 7.98. The molecule has 4 rings (SSSR count). The molecule has 0 bridgehead atoms. The zero-order chi connectivity index (χ0) is 19.7. The van der Waals surface area contributed by atoms with E-state index in [1.54, 1.807) is 10.6 Å². The molecule has 0 saturated carbocycles. The molecular formula is C18H16ClN5O2S2. The maximum Gasteiger partial charge on any atom is 0.343 e. The van der Waals surface area contributed by atoms with E-state index in [4.69, 9.17) is 11.6 Å². The minimum atomic E-state index is -0.233. The first-order valence-electron chi connectivity index (χ1n) is 8.61. The van der Waals surface area contributed by atoms with Crippen LogP contribution in [0.5, 0.6) is 0 Å². The fourth-order valence-electron chi connectivity index (χ4n) is 2.91. The van der Waals surface area contributed by atoms with Crippen LogP contribution in [0.25, 0.3) is 21.3 Å². The summed E-state index contributed by atoms with van der Waals surface area (Å²) in [6.07, 6.45) is 0.827. The minimum absolute atomic E-state index is 0.204. The van der Waals surface area contributed by atoms with E-state index in [0.717, 1.165) is 17.5 Å². The summed E-state index contributed by atoms with van der Waals surface area (Å²) in [6, 6.07) is 7.42. The number of hydrogen-bond donors (Lipinski definition) is 2. The summed E-state index contributed by atoms with van der Waals surface area (Å²) in [6.45, 7) is 2.58. The van der Waals surface area contributed by atoms with Crippen LogP contribution in [-0.2, 0) is 12.3 Å². The van der Waals surface area contributed by atoms with E-state index in [1.807, 2.05) is 30.5 Å². The molecule has 0 unspecified atom stereocenters. The first-order chi connectivity index (χ1) is 13.6. The van der Waals surface area contributed by atoms with E-state index in [1.165, 1.54) is 23.1 Å². The molecule has 1 aromatic carbocycles. The van der Waals surface area contributed by atoms with Crippen LogP contribution >= 0.6 is 34.7 Å². The lowest BCUT2D eigenvalue weighted by Gasteiger charge is -2.04. The monoisotopic (exact) mass is 433 g/mol. The molecule has 0 atom stereocenters. The van der Waals surface area contributed by atoms with Crippen LogP contribution in [0, 0.1) is 0 Å². The van der Waals surface area contributed by atoms with Gasteiger partial charge in [-0.2, -0.15) is 0 Å². The molecule has 144 valence electrons. The molecule has 0 spiro atoms. The lowest BCUT2D eigenvalue weighted by Crippen LogP contribution is -2.17. The molecule has 0 amide bonds. The summed E-state index contributed by atoms with van der Waals surface area (Å²) in [5, 5.41) is 10.1. The predicted molar refractivity (Wildman–Crippen MR) is 113 cm³/mol. The molecule has 0 aliphatic heterocycles. The molecular weight excluding hydrogens is 418 g/mol. The summed E-state index contributed by atoms with van der Waals surface area (Å²) in [5.74, 6) is 0.937. The van der Waals surface area contributed by atoms with E-state index in [2.05, 4.69) is 20.2 Å². The lowest BCUT2D eigenvalue weighted by atomic mass is 10.1. The molecule has 2 N–H and O–H groups in total. The van der Waals surface area contributed by atoms with Crippen LogP contribution in [0.4, 0.5) is 0 Å². The van der Waals surface area contributed by atoms with Gasteiger partial charge in [-0.05, 0) is 12.5 Å². The molecule has 3 heterocycles. The van der Waals surface area contributed by atoms with Crippen LogP contribution < -0.4 is 11.2 Å². The summed E-state index contributed by atoms with van der Waals surface area (Å²) in [4.78, 5) is 32.6. The number of nitrogens with one attached hydrogen (secondary N) is 2. The molecule has 10 heteroatoms. The Balaban J connectivity index is 1.65. The number of nitrogens with zero attached hydrogens (tertiary/aromatic N) is 3. The number of H-pyrrole nitrogens is 2. The third-order valence-electron chi connectivity index (χ3n) is 4.17. The Labute approximate surface area is 172 Å². The van der Waals surface area contributed by atoms with Gasteiger partial charge in [-0.3, -0.25) is 9.36 Å². The van der Waals surface area contributed by atoms with Gasteiger partial charge in [0.1, 0.15) is 10.7 Å². The topological polar surface area (TPSA) is 96.4 Å². The van der Waals surface area contributed by atoms with Gasteiger partial charge >= 0.3 is 5.69 Å². The third kappa shape index (κ3) is 3.52. The van der Waals surface area contributed by atoms with Gasteiger partial charge in [0.05, 0.1) is 11.1 Å². The highest BCUT2D eigenvalue weighted by Gasteiger charge is 2.15. The molecule has 4 aromatic rings. The molecule has 0 saturated heterocycles. The smallest absolute Gasteiger partial charge is 0.309 e. The van der Waals surface area contributed by atoms with Crippen LogP contribution in [0.1, 0.15) is 19.2 Å².